The van der Waals surface area contributed by atoms with Gasteiger partial charge in [0.2, 0.25) is 11.8 Å². The third-order valence-electron chi connectivity index (χ3n) is 8.27. The predicted octanol–water partition coefficient (Wildman–Crippen LogP) is 7.92. The van der Waals surface area contributed by atoms with Crippen LogP contribution in [0.15, 0.2) is 61.7 Å². The SMILES string of the molecule is C=C.CC.COC(=O)C(C)(C)C(C)(C)CC(=O)Nc1ccc(CCCC(=O)Nc2ccc(C3CC3NNC(=O)OC(C)(C)C)cc2)cc1. The first-order chi connectivity index (χ1) is 22.5. The minimum Gasteiger partial charge on any atom is -0.469 e. The van der Waals surface area contributed by atoms with E-state index in [0.29, 0.717) is 24.4 Å². The van der Waals surface area contributed by atoms with Crippen molar-refractivity contribution in [3.63, 3.8) is 0 Å². The third kappa shape index (κ3) is 13.5. The molecule has 2 aromatic rings. The number of aryl methyl sites for hydroxylation is 1. The van der Waals surface area contributed by atoms with Gasteiger partial charge in [-0.2, -0.15) is 0 Å². The van der Waals surface area contributed by atoms with Gasteiger partial charge < -0.3 is 20.1 Å². The maximum absolute atomic E-state index is 12.7. The molecule has 3 rings (SSSR count). The van der Waals surface area contributed by atoms with Crippen LogP contribution < -0.4 is 21.5 Å². The molecule has 0 aliphatic heterocycles. The van der Waals surface area contributed by atoms with Crippen molar-refractivity contribution in [2.45, 2.75) is 112 Å². The molecule has 0 radical (unpaired) electrons. The first-order valence-electron chi connectivity index (χ1n) is 16.6. The fraction of sp³-hybridized carbons (Fsp3) is 0.526. The average molecular weight is 667 g/mol. The number of benzene rings is 2. The lowest BCUT2D eigenvalue weighted by atomic mass is 9.66. The van der Waals surface area contributed by atoms with Crippen molar-refractivity contribution >= 4 is 35.3 Å². The van der Waals surface area contributed by atoms with Crippen LogP contribution in [-0.4, -0.2) is 42.6 Å². The summed E-state index contributed by atoms with van der Waals surface area (Å²) in [7, 11) is 1.35. The fourth-order valence-electron chi connectivity index (χ4n) is 4.78. The lowest BCUT2D eigenvalue weighted by Crippen LogP contribution is -2.42. The quantitative estimate of drug-likeness (QED) is 0.0969. The second-order valence-electron chi connectivity index (χ2n) is 13.7. The number of hydrogen-bond acceptors (Lipinski definition) is 7. The summed E-state index contributed by atoms with van der Waals surface area (Å²) in [4.78, 5) is 49.2. The Hall–Kier alpha value is -4.18. The molecule has 1 aliphatic carbocycles. The van der Waals surface area contributed by atoms with Gasteiger partial charge in [0.15, 0.2) is 0 Å². The number of amides is 3. The van der Waals surface area contributed by atoms with Crippen LogP contribution in [0.1, 0.15) is 105 Å². The summed E-state index contributed by atoms with van der Waals surface area (Å²) in [6.45, 7) is 22.8. The molecule has 0 aromatic heterocycles. The van der Waals surface area contributed by atoms with Crippen LogP contribution in [0.5, 0.6) is 0 Å². The van der Waals surface area contributed by atoms with Gasteiger partial charge >= 0.3 is 12.1 Å². The number of ether oxygens (including phenoxy) is 2. The lowest BCUT2D eigenvalue weighted by Gasteiger charge is -2.38. The molecule has 2 unspecified atom stereocenters. The molecular weight excluding hydrogens is 608 g/mol. The van der Waals surface area contributed by atoms with Gasteiger partial charge in [-0.3, -0.25) is 19.8 Å². The normalized spacial score (nSPS) is 15.3. The van der Waals surface area contributed by atoms with E-state index >= 15 is 0 Å². The maximum atomic E-state index is 12.7. The topological polar surface area (TPSA) is 135 Å². The summed E-state index contributed by atoms with van der Waals surface area (Å²) >= 11 is 0. The molecule has 1 fully saturated rings. The van der Waals surface area contributed by atoms with Gasteiger partial charge in [0.1, 0.15) is 5.60 Å². The van der Waals surface area contributed by atoms with E-state index in [9.17, 15) is 19.2 Å². The standard InChI is InChI=1S/C34H48N4O6.C2H6.C2H4/c1-32(2,3)44-31(42)38-37-27-20-26(27)23-14-18-25(19-15-23)35-28(39)11-9-10-22-12-16-24(17-13-22)36-29(40)21-33(4,5)34(6,7)30(41)43-8;2*1-2/h12-19,26-27,37H,9-11,20-21H2,1-8H3,(H,35,39)(H,36,40)(H,38,42);1-2H3;1-2H2. The molecular formula is C38H58N4O6. The maximum Gasteiger partial charge on any atom is 0.422 e. The molecule has 2 atom stereocenters. The summed E-state index contributed by atoms with van der Waals surface area (Å²) < 4.78 is 10.2. The van der Waals surface area contributed by atoms with Gasteiger partial charge in [0.05, 0.1) is 12.5 Å². The number of anilines is 2. The van der Waals surface area contributed by atoms with Crippen LogP contribution >= 0.6 is 0 Å². The molecule has 48 heavy (non-hydrogen) atoms. The van der Waals surface area contributed by atoms with E-state index < -0.39 is 22.5 Å². The number of carbonyl (C=O) groups is 4. The third-order valence-corrected chi connectivity index (χ3v) is 8.27. The smallest absolute Gasteiger partial charge is 0.422 e. The highest BCUT2D eigenvalue weighted by Gasteiger charge is 2.45. The molecule has 266 valence electrons. The first-order valence-corrected chi connectivity index (χ1v) is 16.6. The molecule has 0 saturated heterocycles. The zero-order valence-electron chi connectivity index (χ0n) is 30.7. The Kier molecular flexibility index (Phi) is 16.5. The van der Waals surface area contributed by atoms with Crippen molar-refractivity contribution in [2.24, 2.45) is 10.8 Å². The fourth-order valence-corrected chi connectivity index (χ4v) is 4.78. The minimum absolute atomic E-state index is 0.0494. The largest absolute Gasteiger partial charge is 0.469 e. The predicted molar refractivity (Wildman–Crippen MR) is 194 cm³/mol. The van der Waals surface area contributed by atoms with Crippen LogP contribution in [0.4, 0.5) is 16.2 Å². The van der Waals surface area contributed by atoms with Crippen LogP contribution in [0.2, 0.25) is 0 Å². The summed E-state index contributed by atoms with van der Waals surface area (Å²) in [5.41, 5.74) is 7.27. The number of hydrogen-bond donors (Lipinski definition) is 4. The van der Waals surface area contributed by atoms with E-state index in [2.05, 4.69) is 34.6 Å². The van der Waals surface area contributed by atoms with E-state index in [1.807, 2.05) is 97.0 Å². The Bertz CT molecular complexity index is 1330. The number of rotatable bonds is 13. The second kappa shape index (κ2) is 19.0. The van der Waals surface area contributed by atoms with E-state index in [0.717, 1.165) is 29.7 Å². The van der Waals surface area contributed by atoms with E-state index in [-0.39, 0.29) is 30.2 Å². The average Bonchev–Trinajstić information content (AvgIpc) is 3.81. The van der Waals surface area contributed by atoms with Gasteiger partial charge in [0, 0.05) is 36.2 Å². The summed E-state index contributed by atoms with van der Waals surface area (Å²) in [6, 6.07) is 15.5. The Morgan fingerprint density at radius 1 is 0.812 bits per heavy atom. The van der Waals surface area contributed by atoms with Gasteiger partial charge in [-0.1, -0.05) is 52.0 Å². The lowest BCUT2D eigenvalue weighted by molar-refractivity contribution is -0.158. The molecule has 3 amide bonds. The summed E-state index contributed by atoms with van der Waals surface area (Å²) in [6.07, 6.45) is 2.38. The van der Waals surface area contributed by atoms with Crippen molar-refractivity contribution in [1.82, 2.24) is 10.9 Å². The molecule has 0 spiro atoms. The first kappa shape index (κ1) is 41.8. The van der Waals surface area contributed by atoms with Crippen LogP contribution in [0.3, 0.4) is 0 Å². The molecule has 0 heterocycles. The Morgan fingerprint density at radius 2 is 1.33 bits per heavy atom. The molecule has 2 aromatic carbocycles. The van der Waals surface area contributed by atoms with E-state index in [1.165, 1.54) is 7.11 Å². The number of esters is 1. The monoisotopic (exact) mass is 666 g/mol. The van der Waals surface area contributed by atoms with Gasteiger partial charge in [-0.25, -0.2) is 10.2 Å². The van der Waals surface area contributed by atoms with Crippen LogP contribution in [0, 0.1) is 10.8 Å². The van der Waals surface area contributed by atoms with Crippen LogP contribution in [0.25, 0.3) is 0 Å². The number of hydrazine groups is 1. The van der Waals surface area contributed by atoms with E-state index in [4.69, 9.17) is 9.47 Å². The Labute approximate surface area is 287 Å². The molecule has 10 heteroatoms. The molecule has 4 N–H and O–H groups in total. The summed E-state index contributed by atoms with van der Waals surface area (Å²) in [5.74, 6) is -0.279. The van der Waals surface area contributed by atoms with Crippen molar-refractivity contribution in [3.8, 4) is 0 Å². The molecule has 10 nitrogen and oxygen atoms in total. The zero-order chi connectivity index (χ0) is 36.7. The van der Waals surface area contributed by atoms with Crippen molar-refractivity contribution < 1.29 is 28.7 Å². The summed E-state index contributed by atoms with van der Waals surface area (Å²) in [5, 5.41) is 5.86. The minimum atomic E-state index is -0.819. The highest BCUT2D eigenvalue weighted by Crippen LogP contribution is 2.42. The second-order valence-corrected chi connectivity index (χ2v) is 13.7. The van der Waals surface area contributed by atoms with Gasteiger partial charge in [-0.15, -0.1) is 13.2 Å². The van der Waals surface area contributed by atoms with Crippen molar-refractivity contribution in [1.29, 1.82) is 0 Å². The van der Waals surface area contributed by atoms with E-state index in [1.54, 1.807) is 13.8 Å². The van der Waals surface area contributed by atoms with Gasteiger partial charge in [-0.05, 0) is 94.7 Å². The Balaban J connectivity index is 0.00000277. The highest BCUT2D eigenvalue weighted by molar-refractivity contribution is 5.92. The van der Waals surface area contributed by atoms with Crippen molar-refractivity contribution in [3.05, 3.63) is 72.8 Å². The number of carbonyl (C=O) groups excluding carboxylic acids is 4. The zero-order valence-corrected chi connectivity index (χ0v) is 30.7. The molecule has 1 saturated carbocycles. The number of nitrogens with one attached hydrogen (secondary N) is 4. The van der Waals surface area contributed by atoms with Crippen LogP contribution in [-0.2, 0) is 30.3 Å². The Morgan fingerprint density at radius 3 is 1.85 bits per heavy atom. The van der Waals surface area contributed by atoms with Gasteiger partial charge in [0.25, 0.3) is 0 Å². The number of methoxy groups -OCH3 is 1. The highest BCUT2D eigenvalue weighted by atomic mass is 16.6. The molecule has 1 aliphatic rings. The molecule has 0 bridgehead atoms. The van der Waals surface area contributed by atoms with Crippen molar-refractivity contribution in [2.75, 3.05) is 17.7 Å².